The number of nitrogens with zero attached hydrogens (tertiary/aromatic N) is 2. The van der Waals surface area contributed by atoms with Crippen LogP contribution in [0.5, 0.6) is 5.75 Å². The van der Waals surface area contributed by atoms with Crippen LogP contribution in [0.4, 0.5) is 4.39 Å². The third-order valence-corrected chi connectivity index (χ3v) is 5.58. The van der Waals surface area contributed by atoms with Gasteiger partial charge in [0.25, 0.3) is 0 Å². The molecule has 0 aliphatic heterocycles. The molecule has 0 saturated carbocycles. The second kappa shape index (κ2) is 7.74. The van der Waals surface area contributed by atoms with Crippen LogP contribution in [0.2, 0.25) is 0 Å². The Balaban J connectivity index is 1.99. The summed E-state index contributed by atoms with van der Waals surface area (Å²) in [5.74, 6) is -0.429. The molecule has 0 fully saturated rings. The number of nitrogens with two attached hydrogens (primary N) is 1. The van der Waals surface area contributed by atoms with E-state index in [-0.39, 0.29) is 16.3 Å². The molecule has 152 valence electrons. The van der Waals surface area contributed by atoms with Crippen molar-refractivity contribution in [3.05, 3.63) is 84.7 Å². The number of primary sulfonamides is 1. The standard InChI is InChI=1S/C22H18FN3O3S/c1-29-21-12-11-16(13-17(21)23)20-14-18(15-7-3-2-4-8-15)25-26(20)19-9-5-6-10-22(19)30(24,27)28/h2-14H,1H3,(H2,24,27,28). The number of halogens is 1. The van der Waals surface area contributed by atoms with Gasteiger partial charge in [-0.3, -0.25) is 0 Å². The molecule has 6 nitrogen and oxygen atoms in total. The van der Waals surface area contributed by atoms with E-state index in [1.165, 1.54) is 30.0 Å². The Labute approximate surface area is 173 Å². The van der Waals surface area contributed by atoms with Crippen LogP contribution >= 0.6 is 0 Å². The minimum atomic E-state index is -4.01. The maximum absolute atomic E-state index is 14.4. The second-order valence-corrected chi connectivity index (χ2v) is 8.08. The summed E-state index contributed by atoms with van der Waals surface area (Å²) in [6.45, 7) is 0. The first-order valence-corrected chi connectivity index (χ1v) is 10.5. The molecule has 0 atom stereocenters. The number of methoxy groups -OCH3 is 1. The molecule has 1 heterocycles. The smallest absolute Gasteiger partial charge is 0.240 e. The molecule has 4 rings (SSSR count). The molecule has 0 saturated heterocycles. The fourth-order valence-electron chi connectivity index (χ4n) is 3.22. The van der Waals surface area contributed by atoms with Gasteiger partial charge in [0.15, 0.2) is 11.6 Å². The van der Waals surface area contributed by atoms with E-state index in [1.54, 1.807) is 30.3 Å². The van der Waals surface area contributed by atoms with E-state index in [0.29, 0.717) is 17.0 Å². The van der Waals surface area contributed by atoms with Crippen LogP contribution in [0.25, 0.3) is 28.2 Å². The van der Waals surface area contributed by atoms with Crippen LogP contribution < -0.4 is 9.88 Å². The highest BCUT2D eigenvalue weighted by Crippen LogP contribution is 2.32. The molecule has 0 amide bonds. The number of sulfonamides is 1. The average molecular weight is 423 g/mol. The number of ether oxygens (including phenoxy) is 1. The molecule has 0 unspecified atom stereocenters. The van der Waals surface area contributed by atoms with Gasteiger partial charge in [0.2, 0.25) is 10.0 Å². The second-order valence-electron chi connectivity index (χ2n) is 6.55. The summed E-state index contributed by atoms with van der Waals surface area (Å²) in [7, 11) is -2.62. The SMILES string of the molecule is COc1ccc(-c2cc(-c3ccccc3)nn2-c2ccccc2S(N)(=O)=O)cc1F. The van der Waals surface area contributed by atoms with Gasteiger partial charge in [-0.1, -0.05) is 42.5 Å². The zero-order valence-corrected chi connectivity index (χ0v) is 16.8. The Morgan fingerprint density at radius 2 is 1.63 bits per heavy atom. The zero-order chi connectivity index (χ0) is 21.3. The third kappa shape index (κ3) is 3.70. The quantitative estimate of drug-likeness (QED) is 0.526. The molecule has 1 aromatic heterocycles. The molecule has 8 heteroatoms. The van der Waals surface area contributed by atoms with Crippen LogP contribution in [0.15, 0.2) is 83.8 Å². The van der Waals surface area contributed by atoms with Crippen molar-refractivity contribution in [3.63, 3.8) is 0 Å². The summed E-state index contributed by atoms with van der Waals surface area (Å²) in [4.78, 5) is -0.0806. The van der Waals surface area contributed by atoms with Crippen molar-refractivity contribution in [1.82, 2.24) is 9.78 Å². The van der Waals surface area contributed by atoms with Crippen molar-refractivity contribution in [2.45, 2.75) is 4.90 Å². The van der Waals surface area contributed by atoms with Crippen molar-refractivity contribution < 1.29 is 17.5 Å². The molecule has 0 radical (unpaired) electrons. The first-order valence-electron chi connectivity index (χ1n) is 9.00. The van der Waals surface area contributed by atoms with Gasteiger partial charge in [0.1, 0.15) is 4.90 Å². The number of aromatic nitrogens is 2. The molecule has 0 spiro atoms. The molecule has 30 heavy (non-hydrogen) atoms. The Bertz CT molecular complexity index is 1320. The third-order valence-electron chi connectivity index (χ3n) is 4.63. The van der Waals surface area contributed by atoms with Crippen molar-refractivity contribution in [3.8, 4) is 34.0 Å². The zero-order valence-electron chi connectivity index (χ0n) is 16.0. The van der Waals surface area contributed by atoms with Crippen molar-refractivity contribution >= 4 is 10.0 Å². The highest BCUT2D eigenvalue weighted by atomic mass is 32.2. The number of hydrogen-bond acceptors (Lipinski definition) is 4. The monoisotopic (exact) mass is 423 g/mol. The van der Waals surface area contributed by atoms with Crippen LogP contribution in [-0.4, -0.2) is 25.3 Å². The largest absolute Gasteiger partial charge is 0.494 e. The van der Waals surface area contributed by atoms with E-state index in [4.69, 9.17) is 9.88 Å². The summed E-state index contributed by atoms with van der Waals surface area (Å²) in [6.07, 6.45) is 0. The first kappa shape index (κ1) is 19.8. The van der Waals surface area contributed by atoms with Gasteiger partial charge < -0.3 is 4.74 Å². The van der Waals surface area contributed by atoms with E-state index < -0.39 is 15.8 Å². The fraction of sp³-hybridized carbons (Fsp3) is 0.0455. The van der Waals surface area contributed by atoms with Crippen LogP contribution in [0.3, 0.4) is 0 Å². The summed E-state index contributed by atoms with van der Waals surface area (Å²) < 4.78 is 45.2. The number of hydrogen-bond donors (Lipinski definition) is 1. The Morgan fingerprint density at radius 3 is 2.30 bits per heavy atom. The summed E-state index contributed by atoms with van der Waals surface area (Å²) in [5, 5.41) is 10.0. The van der Waals surface area contributed by atoms with Crippen LogP contribution in [0, 0.1) is 5.82 Å². The van der Waals surface area contributed by atoms with Gasteiger partial charge in [-0.15, -0.1) is 0 Å². The molecular formula is C22H18FN3O3S. The fourth-order valence-corrected chi connectivity index (χ4v) is 3.93. The maximum atomic E-state index is 14.4. The van der Waals surface area contributed by atoms with E-state index in [0.717, 1.165) is 5.56 Å². The lowest BCUT2D eigenvalue weighted by atomic mass is 10.1. The lowest BCUT2D eigenvalue weighted by Gasteiger charge is -2.12. The van der Waals surface area contributed by atoms with Gasteiger partial charge in [0.05, 0.1) is 24.2 Å². The number of rotatable bonds is 5. The van der Waals surface area contributed by atoms with Crippen LogP contribution in [-0.2, 0) is 10.0 Å². The van der Waals surface area contributed by atoms with Crippen molar-refractivity contribution in [1.29, 1.82) is 0 Å². The molecule has 4 aromatic rings. The number of para-hydroxylation sites is 1. The first-order chi connectivity index (χ1) is 14.4. The summed E-state index contributed by atoms with van der Waals surface area (Å²) in [6, 6.07) is 22.0. The van der Waals surface area contributed by atoms with E-state index in [1.807, 2.05) is 30.3 Å². The Kier molecular flexibility index (Phi) is 5.11. The van der Waals surface area contributed by atoms with Crippen LogP contribution in [0.1, 0.15) is 0 Å². The van der Waals surface area contributed by atoms with Crippen molar-refractivity contribution in [2.75, 3.05) is 7.11 Å². The van der Waals surface area contributed by atoms with Gasteiger partial charge in [-0.05, 0) is 36.4 Å². The molecule has 0 aliphatic carbocycles. The molecular weight excluding hydrogens is 405 g/mol. The molecule has 2 N–H and O–H groups in total. The minimum absolute atomic E-state index is 0.0806. The van der Waals surface area contributed by atoms with Gasteiger partial charge in [-0.25, -0.2) is 22.6 Å². The normalized spacial score (nSPS) is 11.4. The Morgan fingerprint density at radius 1 is 0.933 bits per heavy atom. The van der Waals surface area contributed by atoms with E-state index in [9.17, 15) is 12.8 Å². The van der Waals surface area contributed by atoms with Gasteiger partial charge in [0, 0.05) is 11.1 Å². The van der Waals surface area contributed by atoms with Gasteiger partial charge >= 0.3 is 0 Å². The summed E-state index contributed by atoms with van der Waals surface area (Å²) in [5.41, 5.74) is 2.72. The highest BCUT2D eigenvalue weighted by molar-refractivity contribution is 7.89. The minimum Gasteiger partial charge on any atom is -0.494 e. The predicted octanol–water partition coefficient (Wildman–Crippen LogP) is 4.00. The average Bonchev–Trinajstić information content (AvgIpc) is 3.19. The van der Waals surface area contributed by atoms with Gasteiger partial charge in [-0.2, -0.15) is 5.10 Å². The molecule has 3 aromatic carbocycles. The van der Waals surface area contributed by atoms with E-state index >= 15 is 0 Å². The molecule has 0 aliphatic rings. The lowest BCUT2D eigenvalue weighted by Crippen LogP contribution is -2.16. The van der Waals surface area contributed by atoms with E-state index in [2.05, 4.69) is 5.10 Å². The maximum Gasteiger partial charge on any atom is 0.240 e. The highest BCUT2D eigenvalue weighted by Gasteiger charge is 2.20. The lowest BCUT2D eigenvalue weighted by molar-refractivity contribution is 0.386. The predicted molar refractivity (Wildman–Crippen MR) is 112 cm³/mol. The molecule has 0 bridgehead atoms. The summed E-state index contributed by atoms with van der Waals surface area (Å²) >= 11 is 0. The topological polar surface area (TPSA) is 87.2 Å². The van der Waals surface area contributed by atoms with Crippen molar-refractivity contribution in [2.24, 2.45) is 5.14 Å². The Hall–Kier alpha value is -3.49. The number of benzene rings is 3.